The Morgan fingerprint density at radius 2 is 1.62 bits per heavy atom. The van der Waals surface area contributed by atoms with Gasteiger partial charge >= 0.3 is 11.9 Å². The summed E-state index contributed by atoms with van der Waals surface area (Å²) in [6.45, 7) is 0.0722. The second-order valence-corrected chi connectivity index (χ2v) is 6.28. The Balaban J connectivity index is 2.16. The van der Waals surface area contributed by atoms with Crippen LogP contribution in [0.15, 0.2) is 42.5 Å². The third kappa shape index (κ3) is 3.00. The molecule has 0 aliphatic carbocycles. The lowest BCUT2D eigenvalue weighted by Crippen LogP contribution is -2.14. The predicted octanol–water partition coefficient (Wildman–Crippen LogP) is 3.82. The summed E-state index contributed by atoms with van der Waals surface area (Å²) in [4.78, 5) is 25.3. The molecule has 0 N–H and O–H groups in total. The van der Waals surface area contributed by atoms with Crippen molar-refractivity contribution in [1.82, 2.24) is 0 Å². The van der Waals surface area contributed by atoms with Crippen molar-refractivity contribution >= 4 is 22.7 Å². The minimum absolute atomic E-state index is 0.0722. The molecule has 0 radical (unpaired) electrons. The molecule has 1 aliphatic rings. The summed E-state index contributed by atoms with van der Waals surface area (Å²) in [5, 5.41) is 1.35. The Hall–Kier alpha value is -3.74. The van der Waals surface area contributed by atoms with E-state index in [1.165, 1.54) is 14.2 Å². The van der Waals surface area contributed by atoms with E-state index in [-0.39, 0.29) is 17.9 Å². The van der Waals surface area contributed by atoms with E-state index in [1.54, 1.807) is 43.5 Å². The molecule has 0 fully saturated rings. The standard InChI is InChI=1S/C22H18O7/c1-25-14-7-4-12(5-8-14)17-18-13(6-9-16-20(18)29-11-28-16)10-15(21(23)26-2)19(17)22(24)27-3/h4-10H,11H2,1-3H3. The van der Waals surface area contributed by atoms with Gasteiger partial charge in [-0.3, -0.25) is 0 Å². The van der Waals surface area contributed by atoms with Crippen molar-refractivity contribution in [3.63, 3.8) is 0 Å². The maximum Gasteiger partial charge on any atom is 0.339 e. The quantitative estimate of drug-likeness (QED) is 0.623. The van der Waals surface area contributed by atoms with Crippen LogP contribution in [0.2, 0.25) is 0 Å². The van der Waals surface area contributed by atoms with Gasteiger partial charge in [0.2, 0.25) is 6.79 Å². The van der Waals surface area contributed by atoms with E-state index in [2.05, 4.69) is 0 Å². The molecule has 29 heavy (non-hydrogen) atoms. The van der Waals surface area contributed by atoms with Gasteiger partial charge in [-0.2, -0.15) is 0 Å². The van der Waals surface area contributed by atoms with Gasteiger partial charge in [0.05, 0.1) is 32.5 Å². The smallest absolute Gasteiger partial charge is 0.339 e. The van der Waals surface area contributed by atoms with Gasteiger partial charge in [-0.05, 0) is 35.2 Å². The molecular weight excluding hydrogens is 376 g/mol. The van der Waals surface area contributed by atoms with Crippen LogP contribution in [0, 0.1) is 0 Å². The minimum Gasteiger partial charge on any atom is -0.497 e. The lowest BCUT2D eigenvalue weighted by atomic mass is 9.88. The maximum absolute atomic E-state index is 12.8. The first kappa shape index (κ1) is 18.6. The molecular formula is C22H18O7. The zero-order valence-corrected chi connectivity index (χ0v) is 16.1. The molecule has 0 aromatic heterocycles. The molecule has 1 heterocycles. The van der Waals surface area contributed by atoms with Crippen molar-refractivity contribution in [2.75, 3.05) is 28.1 Å². The van der Waals surface area contributed by atoms with Crippen LogP contribution in [0.4, 0.5) is 0 Å². The fourth-order valence-corrected chi connectivity index (χ4v) is 3.48. The number of esters is 2. The highest BCUT2D eigenvalue weighted by Gasteiger charge is 2.29. The average Bonchev–Trinajstić information content (AvgIpc) is 3.25. The monoisotopic (exact) mass is 394 g/mol. The van der Waals surface area contributed by atoms with Crippen LogP contribution in [0.3, 0.4) is 0 Å². The molecule has 0 saturated heterocycles. The van der Waals surface area contributed by atoms with Gasteiger partial charge < -0.3 is 23.7 Å². The van der Waals surface area contributed by atoms with E-state index in [4.69, 9.17) is 23.7 Å². The van der Waals surface area contributed by atoms with Crippen molar-refractivity contribution in [1.29, 1.82) is 0 Å². The third-order valence-corrected chi connectivity index (χ3v) is 4.81. The number of carbonyl (C=O) groups excluding carboxylic acids is 2. The minimum atomic E-state index is -0.658. The fraction of sp³-hybridized carbons (Fsp3) is 0.182. The van der Waals surface area contributed by atoms with E-state index >= 15 is 0 Å². The number of hydrogen-bond donors (Lipinski definition) is 0. The Kier molecular flexibility index (Phi) is 4.72. The van der Waals surface area contributed by atoms with Crippen LogP contribution in [0.5, 0.6) is 17.2 Å². The largest absolute Gasteiger partial charge is 0.497 e. The second-order valence-electron chi connectivity index (χ2n) is 6.28. The van der Waals surface area contributed by atoms with Crippen molar-refractivity contribution in [3.8, 4) is 28.4 Å². The molecule has 148 valence electrons. The first-order valence-electron chi connectivity index (χ1n) is 8.79. The molecule has 4 rings (SSSR count). The first-order valence-corrected chi connectivity index (χ1v) is 8.79. The molecule has 0 unspecified atom stereocenters. The van der Waals surface area contributed by atoms with E-state index in [1.807, 2.05) is 6.07 Å². The number of carbonyl (C=O) groups is 2. The first-order chi connectivity index (χ1) is 14.1. The molecule has 1 aliphatic heterocycles. The Morgan fingerprint density at radius 3 is 2.28 bits per heavy atom. The summed E-state index contributed by atoms with van der Waals surface area (Å²) < 4.78 is 26.4. The van der Waals surface area contributed by atoms with Gasteiger partial charge in [-0.25, -0.2) is 9.59 Å². The molecule has 3 aromatic carbocycles. The zero-order valence-electron chi connectivity index (χ0n) is 16.1. The van der Waals surface area contributed by atoms with E-state index in [0.29, 0.717) is 39.1 Å². The van der Waals surface area contributed by atoms with Crippen molar-refractivity contribution in [3.05, 3.63) is 53.6 Å². The van der Waals surface area contributed by atoms with Gasteiger partial charge in [-0.1, -0.05) is 18.2 Å². The van der Waals surface area contributed by atoms with E-state index in [0.717, 1.165) is 0 Å². The van der Waals surface area contributed by atoms with Gasteiger partial charge in [-0.15, -0.1) is 0 Å². The molecule has 0 saturated carbocycles. The van der Waals surface area contributed by atoms with Gasteiger partial charge in [0.1, 0.15) is 5.75 Å². The number of methoxy groups -OCH3 is 3. The molecule has 7 heteroatoms. The summed E-state index contributed by atoms with van der Waals surface area (Å²) in [6.07, 6.45) is 0. The van der Waals surface area contributed by atoms with Gasteiger partial charge in [0, 0.05) is 10.9 Å². The highest BCUT2D eigenvalue weighted by Crippen LogP contribution is 2.46. The summed E-state index contributed by atoms with van der Waals surface area (Å²) in [5.74, 6) is 0.435. The molecule has 0 atom stereocenters. The van der Waals surface area contributed by atoms with Gasteiger partial charge in [0.25, 0.3) is 0 Å². The second kappa shape index (κ2) is 7.35. The maximum atomic E-state index is 12.8. The zero-order chi connectivity index (χ0) is 20.5. The SMILES string of the molecule is COC(=O)c1cc2ccc3c(c2c(-c2ccc(OC)cc2)c1C(=O)OC)OCO3. The Bertz CT molecular complexity index is 1120. The van der Waals surface area contributed by atoms with Crippen molar-refractivity contribution < 1.29 is 33.3 Å². The molecule has 3 aromatic rings. The van der Waals surface area contributed by atoms with Crippen LogP contribution < -0.4 is 14.2 Å². The number of benzene rings is 3. The van der Waals surface area contributed by atoms with Crippen LogP contribution in [-0.4, -0.2) is 40.1 Å². The van der Waals surface area contributed by atoms with Crippen LogP contribution in [-0.2, 0) is 9.47 Å². The highest BCUT2D eigenvalue weighted by atomic mass is 16.7. The highest BCUT2D eigenvalue weighted by molar-refractivity contribution is 6.17. The fourth-order valence-electron chi connectivity index (χ4n) is 3.48. The average molecular weight is 394 g/mol. The van der Waals surface area contributed by atoms with Crippen molar-refractivity contribution in [2.24, 2.45) is 0 Å². The topological polar surface area (TPSA) is 80.3 Å². The number of fused-ring (bicyclic) bond motifs is 3. The summed E-state index contributed by atoms with van der Waals surface area (Å²) in [7, 11) is 4.10. The Labute approximate surface area is 166 Å². The Morgan fingerprint density at radius 1 is 0.897 bits per heavy atom. The van der Waals surface area contributed by atoms with Crippen LogP contribution in [0.25, 0.3) is 21.9 Å². The molecule has 0 bridgehead atoms. The third-order valence-electron chi connectivity index (χ3n) is 4.81. The summed E-state index contributed by atoms with van der Waals surface area (Å²) in [6, 6.07) is 12.3. The lowest BCUT2D eigenvalue weighted by molar-refractivity contribution is 0.0556. The molecule has 0 amide bonds. The number of rotatable bonds is 4. The van der Waals surface area contributed by atoms with Gasteiger partial charge in [0.15, 0.2) is 11.5 Å². The normalized spacial score (nSPS) is 12.0. The van der Waals surface area contributed by atoms with Crippen molar-refractivity contribution in [2.45, 2.75) is 0 Å². The molecule has 7 nitrogen and oxygen atoms in total. The number of hydrogen-bond acceptors (Lipinski definition) is 7. The summed E-state index contributed by atoms with van der Waals surface area (Å²) >= 11 is 0. The lowest BCUT2D eigenvalue weighted by Gasteiger charge is -2.17. The van der Waals surface area contributed by atoms with E-state index < -0.39 is 11.9 Å². The number of ether oxygens (including phenoxy) is 5. The van der Waals surface area contributed by atoms with Crippen LogP contribution in [0.1, 0.15) is 20.7 Å². The summed E-state index contributed by atoms with van der Waals surface area (Å²) in [5.41, 5.74) is 1.39. The van der Waals surface area contributed by atoms with E-state index in [9.17, 15) is 9.59 Å². The predicted molar refractivity (Wildman–Crippen MR) is 105 cm³/mol. The van der Waals surface area contributed by atoms with Crippen LogP contribution >= 0.6 is 0 Å². The molecule has 0 spiro atoms.